The average Bonchev–Trinajstić information content (AvgIpc) is 3.02. The first-order valence-corrected chi connectivity index (χ1v) is 6.86. The summed E-state index contributed by atoms with van der Waals surface area (Å²) < 4.78 is 3.93. The molecule has 1 N–H and O–H groups in total. The van der Waals surface area contributed by atoms with Gasteiger partial charge in [-0.15, -0.1) is 5.10 Å². The van der Waals surface area contributed by atoms with Gasteiger partial charge in [0.15, 0.2) is 0 Å². The van der Waals surface area contributed by atoms with E-state index in [9.17, 15) is 0 Å². The molecule has 0 aromatic carbocycles. The summed E-state index contributed by atoms with van der Waals surface area (Å²) in [4.78, 5) is 4.15. The molecule has 0 amide bonds. The molecule has 0 saturated carbocycles. The summed E-state index contributed by atoms with van der Waals surface area (Å²) in [6.45, 7) is 4.66. The predicted octanol–water partition coefficient (Wildman–Crippen LogP) is 0.401. The first-order chi connectivity index (χ1) is 8.85. The lowest BCUT2D eigenvalue weighted by atomic mass is 10.5. The third-order valence-electron chi connectivity index (χ3n) is 2.56. The highest BCUT2D eigenvalue weighted by Gasteiger charge is 2.08. The van der Waals surface area contributed by atoms with Gasteiger partial charge in [-0.1, -0.05) is 11.8 Å². The minimum Gasteiger partial charge on any atom is -0.334 e. The SMILES string of the molecule is CCn1cncc1CSc1nnnn1CCNC. The molecule has 0 radical (unpaired) electrons. The van der Waals surface area contributed by atoms with E-state index in [-0.39, 0.29) is 0 Å². The first-order valence-electron chi connectivity index (χ1n) is 5.87. The van der Waals surface area contributed by atoms with Gasteiger partial charge in [-0.3, -0.25) is 0 Å². The molecule has 18 heavy (non-hydrogen) atoms. The third kappa shape index (κ3) is 3.08. The molecule has 0 aliphatic heterocycles. The predicted molar refractivity (Wildman–Crippen MR) is 69.2 cm³/mol. The van der Waals surface area contributed by atoms with Crippen molar-refractivity contribution in [1.82, 2.24) is 35.1 Å². The van der Waals surface area contributed by atoms with Gasteiger partial charge < -0.3 is 9.88 Å². The molecule has 0 aliphatic rings. The van der Waals surface area contributed by atoms with Crippen LogP contribution < -0.4 is 5.32 Å². The minimum absolute atomic E-state index is 0.777. The molecule has 0 bridgehead atoms. The summed E-state index contributed by atoms with van der Waals surface area (Å²) in [6.07, 6.45) is 3.73. The van der Waals surface area contributed by atoms with E-state index in [0.717, 1.165) is 30.5 Å². The number of thioether (sulfide) groups is 1. The van der Waals surface area contributed by atoms with E-state index in [1.807, 2.05) is 24.3 Å². The van der Waals surface area contributed by atoms with Crippen LogP contribution in [0.25, 0.3) is 0 Å². The molecule has 7 nitrogen and oxygen atoms in total. The van der Waals surface area contributed by atoms with Crippen molar-refractivity contribution in [3.8, 4) is 0 Å². The number of aromatic nitrogens is 6. The van der Waals surface area contributed by atoms with Crippen molar-refractivity contribution in [3.63, 3.8) is 0 Å². The number of hydrogen-bond donors (Lipinski definition) is 1. The Morgan fingerprint density at radius 2 is 2.33 bits per heavy atom. The molecule has 2 aromatic rings. The summed E-state index contributed by atoms with van der Waals surface area (Å²) in [5.41, 5.74) is 1.19. The van der Waals surface area contributed by atoms with Gasteiger partial charge in [-0.05, 0) is 24.4 Å². The molecule has 0 fully saturated rings. The summed E-state index contributed by atoms with van der Waals surface area (Å²) >= 11 is 1.63. The Labute approximate surface area is 110 Å². The fourth-order valence-electron chi connectivity index (χ4n) is 1.55. The Hall–Kier alpha value is -1.41. The van der Waals surface area contributed by atoms with Crippen molar-refractivity contribution in [2.75, 3.05) is 13.6 Å². The van der Waals surface area contributed by atoms with Gasteiger partial charge in [0.2, 0.25) is 5.16 Å². The fourth-order valence-corrected chi connectivity index (χ4v) is 2.44. The van der Waals surface area contributed by atoms with Crippen molar-refractivity contribution >= 4 is 11.8 Å². The van der Waals surface area contributed by atoms with E-state index in [1.54, 1.807) is 11.8 Å². The monoisotopic (exact) mass is 267 g/mol. The first kappa shape index (κ1) is 13.0. The summed E-state index contributed by atoms with van der Waals surface area (Å²) in [5, 5.41) is 15.6. The van der Waals surface area contributed by atoms with Crippen LogP contribution in [0.1, 0.15) is 12.6 Å². The highest BCUT2D eigenvalue weighted by molar-refractivity contribution is 7.98. The summed E-state index contributed by atoms with van der Waals surface area (Å²) in [6, 6.07) is 0. The third-order valence-corrected chi connectivity index (χ3v) is 3.55. The molecule has 0 atom stereocenters. The molecule has 2 heterocycles. The average molecular weight is 267 g/mol. The number of likely N-dealkylation sites (N-methyl/N-ethyl adjacent to an activating group) is 1. The Morgan fingerprint density at radius 3 is 3.11 bits per heavy atom. The number of tetrazole rings is 1. The zero-order chi connectivity index (χ0) is 12.8. The molecule has 8 heteroatoms. The molecular formula is C10H17N7S. The Kier molecular flexibility index (Phi) is 4.71. The smallest absolute Gasteiger partial charge is 0.209 e. The van der Waals surface area contributed by atoms with E-state index in [1.165, 1.54) is 5.69 Å². The lowest BCUT2D eigenvalue weighted by molar-refractivity contribution is 0.530. The minimum atomic E-state index is 0.777. The van der Waals surface area contributed by atoms with Crippen LogP contribution in [0.4, 0.5) is 0 Å². The van der Waals surface area contributed by atoms with Crippen LogP contribution in [0.5, 0.6) is 0 Å². The van der Waals surface area contributed by atoms with Crippen LogP contribution in [-0.2, 0) is 18.8 Å². The molecule has 2 aromatic heterocycles. The maximum absolute atomic E-state index is 4.15. The highest BCUT2D eigenvalue weighted by Crippen LogP contribution is 2.19. The van der Waals surface area contributed by atoms with Gasteiger partial charge >= 0.3 is 0 Å². The van der Waals surface area contributed by atoms with Crippen molar-refractivity contribution in [1.29, 1.82) is 0 Å². The molecule has 0 unspecified atom stereocenters. The number of rotatable bonds is 7. The molecular weight excluding hydrogens is 250 g/mol. The normalized spacial score (nSPS) is 11.0. The number of hydrogen-bond acceptors (Lipinski definition) is 6. The zero-order valence-corrected chi connectivity index (χ0v) is 11.4. The Balaban J connectivity index is 1.95. The molecule has 98 valence electrons. The van der Waals surface area contributed by atoms with E-state index in [4.69, 9.17) is 0 Å². The van der Waals surface area contributed by atoms with Crippen LogP contribution >= 0.6 is 11.8 Å². The van der Waals surface area contributed by atoms with Crippen LogP contribution in [0.15, 0.2) is 17.7 Å². The van der Waals surface area contributed by atoms with Crippen molar-refractivity contribution in [2.24, 2.45) is 0 Å². The van der Waals surface area contributed by atoms with E-state index < -0.39 is 0 Å². The van der Waals surface area contributed by atoms with E-state index in [0.29, 0.717) is 0 Å². The van der Waals surface area contributed by atoms with Gasteiger partial charge in [0.1, 0.15) is 0 Å². The lowest BCUT2D eigenvalue weighted by Crippen LogP contribution is -2.16. The van der Waals surface area contributed by atoms with Crippen molar-refractivity contribution in [3.05, 3.63) is 18.2 Å². The number of imidazole rings is 1. The quantitative estimate of drug-likeness (QED) is 0.732. The van der Waals surface area contributed by atoms with Gasteiger partial charge in [-0.25, -0.2) is 9.67 Å². The largest absolute Gasteiger partial charge is 0.334 e. The summed E-state index contributed by atoms with van der Waals surface area (Å²) in [7, 11) is 1.91. The second-order valence-corrected chi connectivity index (χ2v) is 4.69. The Bertz CT molecular complexity index is 478. The zero-order valence-electron chi connectivity index (χ0n) is 10.6. The van der Waals surface area contributed by atoms with E-state index in [2.05, 4.69) is 37.3 Å². The van der Waals surface area contributed by atoms with Gasteiger partial charge in [0, 0.05) is 30.7 Å². The second-order valence-electron chi connectivity index (χ2n) is 3.75. The topological polar surface area (TPSA) is 73.5 Å². The molecule has 0 aliphatic carbocycles. The summed E-state index contributed by atoms with van der Waals surface area (Å²) in [5.74, 6) is 0.827. The van der Waals surface area contributed by atoms with Crippen molar-refractivity contribution in [2.45, 2.75) is 30.9 Å². The fraction of sp³-hybridized carbons (Fsp3) is 0.600. The number of aryl methyl sites for hydroxylation is 1. The van der Waals surface area contributed by atoms with Crippen LogP contribution in [0, 0.1) is 0 Å². The molecule has 0 spiro atoms. The van der Waals surface area contributed by atoms with Crippen molar-refractivity contribution < 1.29 is 0 Å². The molecule has 0 saturated heterocycles. The maximum atomic E-state index is 4.15. The Morgan fingerprint density at radius 1 is 1.44 bits per heavy atom. The van der Waals surface area contributed by atoms with Gasteiger partial charge in [-0.2, -0.15) is 0 Å². The maximum Gasteiger partial charge on any atom is 0.209 e. The van der Waals surface area contributed by atoms with E-state index >= 15 is 0 Å². The standard InChI is InChI=1S/C10H17N7S/c1-3-16-8-12-6-9(16)7-18-10-13-14-15-17(10)5-4-11-2/h6,8,11H,3-5,7H2,1-2H3. The van der Waals surface area contributed by atoms with Gasteiger partial charge in [0.25, 0.3) is 0 Å². The van der Waals surface area contributed by atoms with Crippen LogP contribution in [0.2, 0.25) is 0 Å². The number of nitrogens with one attached hydrogen (secondary N) is 1. The van der Waals surface area contributed by atoms with Crippen LogP contribution in [0.3, 0.4) is 0 Å². The number of nitrogens with zero attached hydrogens (tertiary/aromatic N) is 6. The van der Waals surface area contributed by atoms with Crippen LogP contribution in [-0.4, -0.2) is 43.4 Å². The second kappa shape index (κ2) is 6.50. The molecule has 2 rings (SSSR count). The van der Waals surface area contributed by atoms with Gasteiger partial charge in [0.05, 0.1) is 12.9 Å². The highest BCUT2D eigenvalue weighted by atomic mass is 32.2. The lowest BCUT2D eigenvalue weighted by Gasteiger charge is -2.05.